The van der Waals surface area contributed by atoms with Gasteiger partial charge in [-0.3, -0.25) is 24.6 Å². The number of thioether (sulfide) groups is 1. The van der Waals surface area contributed by atoms with Gasteiger partial charge in [-0.15, -0.1) is 0 Å². The van der Waals surface area contributed by atoms with Crippen LogP contribution in [0, 0.1) is 10.1 Å². The first-order valence-electron chi connectivity index (χ1n) is 8.67. The topological polar surface area (TPSA) is 110 Å². The van der Waals surface area contributed by atoms with Crippen molar-refractivity contribution in [2.75, 3.05) is 6.54 Å². The Morgan fingerprint density at radius 3 is 2.52 bits per heavy atom. The van der Waals surface area contributed by atoms with Crippen molar-refractivity contribution >= 4 is 67.9 Å². The number of carbonyl (C=O) groups is 2. The van der Waals surface area contributed by atoms with Crippen LogP contribution in [0.25, 0.3) is 6.08 Å². The molecule has 1 heterocycles. The minimum Gasteiger partial charge on any atom is -0.480 e. The van der Waals surface area contributed by atoms with Crippen LogP contribution < -0.4 is 4.74 Å². The van der Waals surface area contributed by atoms with E-state index in [9.17, 15) is 32.9 Å². The van der Waals surface area contributed by atoms with Crippen LogP contribution in [0.3, 0.4) is 0 Å². The third kappa shape index (κ3) is 5.69. The molecule has 3 rings (SSSR count). The summed E-state index contributed by atoms with van der Waals surface area (Å²) in [6.45, 7) is -0.565. The van der Waals surface area contributed by atoms with Gasteiger partial charge in [0.05, 0.1) is 19.9 Å². The summed E-state index contributed by atoms with van der Waals surface area (Å²) in [4.78, 5) is 34.6. The molecule has 0 aromatic heterocycles. The molecule has 0 radical (unpaired) electrons. The van der Waals surface area contributed by atoms with Crippen molar-refractivity contribution in [1.82, 2.24) is 4.90 Å². The van der Waals surface area contributed by atoms with E-state index in [1.54, 1.807) is 0 Å². The van der Waals surface area contributed by atoms with Crippen molar-refractivity contribution in [2.24, 2.45) is 0 Å². The zero-order chi connectivity index (χ0) is 24.5. The minimum atomic E-state index is -4.75. The van der Waals surface area contributed by atoms with Crippen molar-refractivity contribution < 1.29 is 37.5 Å². The van der Waals surface area contributed by atoms with Gasteiger partial charge in [0.2, 0.25) is 5.75 Å². The molecule has 1 amide bonds. The second-order valence-electron chi connectivity index (χ2n) is 6.39. The Labute approximate surface area is 201 Å². The van der Waals surface area contributed by atoms with Gasteiger partial charge in [-0.25, -0.2) is 0 Å². The number of rotatable bonds is 6. The average Bonchev–Trinajstić information content (AvgIpc) is 2.96. The maximum Gasteiger partial charge on any atom is 0.416 e. The summed E-state index contributed by atoms with van der Waals surface area (Å²) in [5, 5.41) is 20.1. The number of benzene rings is 2. The summed E-state index contributed by atoms with van der Waals surface area (Å²) in [5.74, 6) is -2.09. The molecule has 8 nitrogen and oxygen atoms in total. The zero-order valence-corrected chi connectivity index (χ0v) is 19.2. The van der Waals surface area contributed by atoms with E-state index >= 15 is 0 Å². The molecular formula is C19H10BrF3N2O6S2. The Balaban J connectivity index is 1.86. The maximum atomic E-state index is 12.9. The molecule has 0 bridgehead atoms. The summed E-state index contributed by atoms with van der Waals surface area (Å²) in [5.41, 5.74) is -1.55. The molecule has 0 atom stereocenters. The Kier molecular flexibility index (Phi) is 7.09. The predicted molar refractivity (Wildman–Crippen MR) is 120 cm³/mol. The first kappa shape index (κ1) is 24.7. The Hall–Kier alpha value is -2.97. The number of ether oxygens (including phenoxy) is 1. The number of amides is 1. The number of carbonyl (C=O) groups excluding carboxylic acids is 1. The first-order chi connectivity index (χ1) is 15.4. The van der Waals surface area contributed by atoms with Crippen molar-refractivity contribution in [3.05, 3.63) is 67.0 Å². The second kappa shape index (κ2) is 9.49. The lowest BCUT2D eigenvalue weighted by Crippen LogP contribution is -2.33. The van der Waals surface area contributed by atoms with Crippen molar-refractivity contribution in [3.63, 3.8) is 0 Å². The lowest BCUT2D eigenvalue weighted by atomic mass is 10.1. The highest BCUT2D eigenvalue weighted by Gasteiger charge is 2.34. The van der Waals surface area contributed by atoms with Crippen molar-refractivity contribution in [1.29, 1.82) is 0 Å². The number of aliphatic carboxylic acids is 1. The molecule has 1 N–H and O–H groups in total. The number of carboxylic acids is 1. The summed E-state index contributed by atoms with van der Waals surface area (Å²) in [6, 6.07) is 6.32. The van der Waals surface area contributed by atoms with Crippen LogP contribution in [0.4, 0.5) is 18.9 Å². The summed E-state index contributed by atoms with van der Waals surface area (Å²) >= 11 is 9.18. The predicted octanol–water partition coefficient (Wildman–Crippen LogP) is 5.45. The molecule has 0 unspecified atom stereocenters. The van der Waals surface area contributed by atoms with E-state index in [-0.39, 0.29) is 15.0 Å². The van der Waals surface area contributed by atoms with Gasteiger partial charge >= 0.3 is 17.8 Å². The molecule has 1 aliphatic rings. The molecule has 1 aliphatic heterocycles. The number of nitro groups is 1. The fourth-order valence-electron chi connectivity index (χ4n) is 2.65. The molecule has 2 aromatic rings. The van der Waals surface area contributed by atoms with Crippen LogP contribution in [0.5, 0.6) is 11.5 Å². The molecule has 2 aromatic carbocycles. The molecule has 172 valence electrons. The van der Waals surface area contributed by atoms with Gasteiger partial charge in [-0.05, 0) is 51.8 Å². The monoisotopic (exact) mass is 562 g/mol. The van der Waals surface area contributed by atoms with Gasteiger partial charge in [-0.2, -0.15) is 13.2 Å². The maximum absolute atomic E-state index is 12.9. The molecule has 14 heteroatoms. The molecule has 33 heavy (non-hydrogen) atoms. The van der Waals surface area contributed by atoms with E-state index in [0.717, 1.165) is 22.7 Å². The van der Waals surface area contributed by atoms with Crippen molar-refractivity contribution in [2.45, 2.75) is 6.18 Å². The second-order valence-corrected chi connectivity index (χ2v) is 8.92. The van der Waals surface area contributed by atoms with E-state index in [1.807, 2.05) is 0 Å². The van der Waals surface area contributed by atoms with Gasteiger partial charge < -0.3 is 9.84 Å². The van der Waals surface area contributed by atoms with Crippen LogP contribution in [0.1, 0.15) is 11.1 Å². The lowest BCUT2D eigenvalue weighted by Gasteiger charge is -2.11. The van der Waals surface area contributed by atoms with Crippen LogP contribution in [0.2, 0.25) is 0 Å². The number of carboxylic acid groups (broad SMARTS) is 1. The van der Waals surface area contributed by atoms with Gasteiger partial charge in [0, 0.05) is 6.07 Å². The van der Waals surface area contributed by atoms with Gasteiger partial charge in [-0.1, -0.05) is 30.0 Å². The molecule has 0 saturated carbocycles. The van der Waals surface area contributed by atoms with Crippen molar-refractivity contribution in [3.8, 4) is 11.5 Å². The van der Waals surface area contributed by atoms with E-state index < -0.39 is 46.5 Å². The van der Waals surface area contributed by atoms with Gasteiger partial charge in [0.15, 0.2) is 0 Å². The van der Waals surface area contributed by atoms with E-state index in [2.05, 4.69) is 15.9 Å². The largest absolute Gasteiger partial charge is 0.480 e. The molecule has 1 saturated heterocycles. The van der Waals surface area contributed by atoms with Gasteiger partial charge in [0.25, 0.3) is 5.91 Å². The molecule has 0 aliphatic carbocycles. The number of nitro benzene ring substituents is 1. The highest BCUT2D eigenvalue weighted by Crippen LogP contribution is 2.40. The Bertz CT molecular complexity index is 1220. The SMILES string of the molecule is O=C(O)CN1C(=O)/C(=C/c2ccc(Oc3ccc(C(F)(F)F)cc3[N+](=O)[O-])c(Br)c2)SC1=S. The molecular weight excluding hydrogens is 553 g/mol. The highest BCUT2D eigenvalue weighted by molar-refractivity contribution is 9.10. The van der Waals surface area contributed by atoms with Crippen LogP contribution in [-0.4, -0.2) is 37.7 Å². The number of thiocarbonyl (C=S) groups is 1. The Morgan fingerprint density at radius 2 is 1.94 bits per heavy atom. The van der Waals surface area contributed by atoms with Gasteiger partial charge in [0.1, 0.15) is 16.6 Å². The zero-order valence-electron chi connectivity index (χ0n) is 16.0. The van der Waals surface area contributed by atoms with E-state index in [0.29, 0.717) is 22.2 Å². The summed E-state index contributed by atoms with van der Waals surface area (Å²) < 4.78 is 44.4. The third-order valence-corrected chi connectivity index (χ3v) is 6.12. The number of alkyl halides is 3. The normalized spacial score (nSPS) is 15.3. The standard InChI is InChI=1S/C19H10BrF3N2O6S2/c20-11-5-9(6-15-17(28)24(8-16(26)27)18(32)33-15)1-3-13(11)31-14-4-2-10(19(21,22)23)7-12(14)25(29)30/h1-7H,8H2,(H,26,27)/b15-6-. The molecule has 1 fully saturated rings. The van der Waals surface area contributed by atoms with Crippen LogP contribution >= 0.6 is 39.9 Å². The average molecular weight is 563 g/mol. The Morgan fingerprint density at radius 1 is 1.27 bits per heavy atom. The van der Waals surface area contributed by atoms with E-state index in [4.69, 9.17) is 22.1 Å². The minimum absolute atomic E-state index is 0.0773. The fourth-order valence-corrected chi connectivity index (χ4v) is 4.39. The number of hydrogen-bond acceptors (Lipinski definition) is 7. The van der Waals surface area contributed by atoms with Crippen LogP contribution in [0.15, 0.2) is 45.8 Å². The summed E-state index contributed by atoms with van der Waals surface area (Å²) in [6.07, 6.45) is -3.28. The smallest absolute Gasteiger partial charge is 0.416 e. The molecule has 0 spiro atoms. The first-order valence-corrected chi connectivity index (χ1v) is 10.7. The quantitative estimate of drug-likeness (QED) is 0.214. The lowest BCUT2D eigenvalue weighted by molar-refractivity contribution is -0.385. The fraction of sp³-hybridized carbons (Fsp3) is 0.105. The number of nitrogens with zero attached hydrogens (tertiary/aromatic N) is 2. The third-order valence-electron chi connectivity index (χ3n) is 4.12. The summed E-state index contributed by atoms with van der Waals surface area (Å²) in [7, 11) is 0. The number of halogens is 4. The van der Waals surface area contributed by atoms with E-state index in [1.165, 1.54) is 24.3 Å². The highest BCUT2D eigenvalue weighted by atomic mass is 79.9. The number of hydrogen-bond donors (Lipinski definition) is 1. The van der Waals surface area contributed by atoms with Crippen LogP contribution in [-0.2, 0) is 15.8 Å².